The number of pyridine rings is 1. The summed E-state index contributed by atoms with van der Waals surface area (Å²) in [7, 11) is 1.68. The Balaban J connectivity index is 1.54. The average Bonchev–Trinajstić information content (AvgIpc) is 3.10. The molecule has 24 heavy (non-hydrogen) atoms. The van der Waals surface area contributed by atoms with Crippen molar-refractivity contribution in [1.82, 2.24) is 9.88 Å². The summed E-state index contributed by atoms with van der Waals surface area (Å²) in [6.45, 7) is 2.67. The maximum absolute atomic E-state index is 5.97. The lowest BCUT2D eigenvalue weighted by Crippen LogP contribution is -2.28. The van der Waals surface area contributed by atoms with Gasteiger partial charge in [0.2, 0.25) is 0 Å². The summed E-state index contributed by atoms with van der Waals surface area (Å²) in [6, 6.07) is 12.6. The Bertz CT molecular complexity index is 743. The molecule has 1 saturated heterocycles. The van der Waals surface area contributed by atoms with E-state index in [4.69, 9.17) is 9.47 Å². The van der Waals surface area contributed by atoms with E-state index in [1.807, 2.05) is 24.4 Å². The summed E-state index contributed by atoms with van der Waals surface area (Å²) in [5.74, 6) is 1.65. The molecule has 1 aromatic carbocycles. The van der Waals surface area contributed by atoms with Gasteiger partial charge in [-0.1, -0.05) is 18.2 Å². The van der Waals surface area contributed by atoms with E-state index < -0.39 is 0 Å². The van der Waals surface area contributed by atoms with Crippen molar-refractivity contribution in [2.45, 2.75) is 18.9 Å². The van der Waals surface area contributed by atoms with Crippen LogP contribution in [0.4, 0.5) is 0 Å². The van der Waals surface area contributed by atoms with E-state index in [0.29, 0.717) is 12.6 Å². The molecule has 1 aromatic heterocycles. The maximum Gasteiger partial charge on any atom is 0.168 e. The van der Waals surface area contributed by atoms with Crippen molar-refractivity contribution in [3.63, 3.8) is 0 Å². The molecule has 4 heteroatoms. The van der Waals surface area contributed by atoms with Gasteiger partial charge in [-0.25, -0.2) is 0 Å². The first-order valence-electron chi connectivity index (χ1n) is 8.49. The van der Waals surface area contributed by atoms with Gasteiger partial charge < -0.3 is 9.47 Å². The second-order valence-electron chi connectivity index (χ2n) is 6.35. The van der Waals surface area contributed by atoms with Crippen molar-refractivity contribution >= 4 is 6.08 Å². The standard InChI is InChI=1S/C20H22N2O2/c1-23-19-9-4-6-16-12-15(14-24-20(16)19)13-22-11-5-8-18(22)17-7-2-3-10-21-17/h2-4,6-7,9-10,12,18H,5,8,11,13-14H2,1H3/t18-/m0/s1. The minimum absolute atomic E-state index is 0.416. The molecule has 0 N–H and O–H groups in total. The van der Waals surface area contributed by atoms with Crippen LogP contribution in [0.15, 0.2) is 48.2 Å². The number of hydrogen-bond donors (Lipinski definition) is 0. The monoisotopic (exact) mass is 322 g/mol. The summed E-state index contributed by atoms with van der Waals surface area (Å²) in [6.07, 6.45) is 6.53. The van der Waals surface area contributed by atoms with Gasteiger partial charge in [0, 0.05) is 18.3 Å². The Morgan fingerprint density at radius 1 is 1.25 bits per heavy atom. The highest BCUT2D eigenvalue weighted by molar-refractivity contribution is 5.66. The van der Waals surface area contributed by atoms with Crippen LogP contribution in [-0.2, 0) is 0 Å². The zero-order valence-electron chi connectivity index (χ0n) is 13.9. The largest absolute Gasteiger partial charge is 0.493 e. The summed E-state index contributed by atoms with van der Waals surface area (Å²) < 4.78 is 11.4. The van der Waals surface area contributed by atoms with E-state index >= 15 is 0 Å². The first-order valence-corrected chi connectivity index (χ1v) is 8.49. The third-order valence-electron chi connectivity index (χ3n) is 4.79. The predicted octanol–water partition coefficient (Wildman–Crippen LogP) is 3.70. The Morgan fingerprint density at radius 3 is 3.04 bits per heavy atom. The smallest absolute Gasteiger partial charge is 0.168 e. The van der Waals surface area contributed by atoms with Crippen LogP contribution >= 0.6 is 0 Å². The molecule has 2 aliphatic heterocycles. The van der Waals surface area contributed by atoms with Crippen LogP contribution in [-0.4, -0.2) is 36.7 Å². The number of benzene rings is 1. The molecule has 2 aromatic rings. The number of fused-ring (bicyclic) bond motifs is 1. The molecule has 0 radical (unpaired) electrons. The van der Waals surface area contributed by atoms with E-state index in [1.54, 1.807) is 7.11 Å². The number of likely N-dealkylation sites (tertiary alicyclic amines) is 1. The molecule has 1 fully saturated rings. The Hall–Kier alpha value is -2.33. The van der Waals surface area contributed by atoms with Crippen molar-refractivity contribution < 1.29 is 9.47 Å². The van der Waals surface area contributed by atoms with E-state index in [-0.39, 0.29) is 0 Å². The van der Waals surface area contributed by atoms with Gasteiger partial charge in [-0.05, 0) is 49.2 Å². The molecule has 4 nitrogen and oxygen atoms in total. The average molecular weight is 322 g/mol. The molecule has 4 rings (SSSR count). The van der Waals surface area contributed by atoms with Gasteiger partial charge in [0.05, 0.1) is 18.8 Å². The lowest BCUT2D eigenvalue weighted by atomic mass is 10.1. The maximum atomic E-state index is 5.97. The zero-order valence-corrected chi connectivity index (χ0v) is 13.9. The van der Waals surface area contributed by atoms with E-state index in [1.165, 1.54) is 24.1 Å². The van der Waals surface area contributed by atoms with E-state index in [9.17, 15) is 0 Å². The van der Waals surface area contributed by atoms with E-state index in [2.05, 4.69) is 34.2 Å². The number of rotatable bonds is 4. The number of methoxy groups -OCH3 is 1. The molecule has 0 unspecified atom stereocenters. The molecule has 0 aliphatic carbocycles. The van der Waals surface area contributed by atoms with Gasteiger partial charge in [0.1, 0.15) is 6.61 Å². The molecule has 0 saturated carbocycles. The Morgan fingerprint density at radius 2 is 2.21 bits per heavy atom. The molecule has 3 heterocycles. The van der Waals surface area contributed by atoms with Crippen LogP contribution in [0.5, 0.6) is 11.5 Å². The van der Waals surface area contributed by atoms with Gasteiger partial charge in [-0.15, -0.1) is 0 Å². The van der Waals surface area contributed by atoms with Gasteiger partial charge in [0.25, 0.3) is 0 Å². The van der Waals surface area contributed by atoms with Crippen molar-refractivity contribution in [3.8, 4) is 11.5 Å². The predicted molar refractivity (Wildman–Crippen MR) is 94.3 cm³/mol. The molecule has 0 bridgehead atoms. The third kappa shape index (κ3) is 2.89. The number of nitrogens with zero attached hydrogens (tertiary/aromatic N) is 2. The zero-order chi connectivity index (χ0) is 16.4. The highest BCUT2D eigenvalue weighted by Crippen LogP contribution is 2.37. The van der Waals surface area contributed by atoms with Crippen LogP contribution in [0.25, 0.3) is 6.08 Å². The minimum Gasteiger partial charge on any atom is -0.493 e. The van der Waals surface area contributed by atoms with Crippen molar-refractivity contribution in [2.24, 2.45) is 0 Å². The molecule has 0 spiro atoms. The highest BCUT2D eigenvalue weighted by atomic mass is 16.5. The minimum atomic E-state index is 0.416. The van der Waals surface area contributed by atoms with E-state index in [0.717, 1.165) is 30.2 Å². The fourth-order valence-corrected chi connectivity index (χ4v) is 3.66. The van der Waals surface area contributed by atoms with Crippen molar-refractivity contribution in [1.29, 1.82) is 0 Å². The molecule has 0 amide bonds. The highest BCUT2D eigenvalue weighted by Gasteiger charge is 2.28. The quantitative estimate of drug-likeness (QED) is 0.859. The van der Waals surface area contributed by atoms with Gasteiger partial charge >= 0.3 is 0 Å². The molecule has 124 valence electrons. The first-order chi connectivity index (χ1) is 11.8. The number of ether oxygens (including phenoxy) is 2. The van der Waals surface area contributed by atoms with Crippen LogP contribution in [0, 0.1) is 0 Å². The Kier molecular flexibility index (Phi) is 4.22. The SMILES string of the molecule is COc1cccc2c1OCC(CN1CCC[C@H]1c1ccccn1)=C2. The number of para-hydroxylation sites is 1. The molecular formula is C20H22N2O2. The van der Waals surface area contributed by atoms with Crippen LogP contribution in [0.1, 0.15) is 30.1 Å². The fourth-order valence-electron chi connectivity index (χ4n) is 3.66. The lowest BCUT2D eigenvalue weighted by molar-refractivity contribution is 0.253. The fraction of sp³-hybridized carbons (Fsp3) is 0.350. The summed E-state index contributed by atoms with van der Waals surface area (Å²) in [5.41, 5.74) is 3.58. The van der Waals surface area contributed by atoms with Crippen molar-refractivity contribution in [3.05, 3.63) is 59.4 Å². The lowest BCUT2D eigenvalue weighted by Gasteiger charge is -2.27. The summed E-state index contributed by atoms with van der Waals surface area (Å²) >= 11 is 0. The second-order valence-corrected chi connectivity index (χ2v) is 6.35. The molecular weight excluding hydrogens is 300 g/mol. The van der Waals surface area contributed by atoms with Crippen LogP contribution in [0.2, 0.25) is 0 Å². The normalized spacial score (nSPS) is 20.2. The van der Waals surface area contributed by atoms with Gasteiger partial charge in [-0.2, -0.15) is 0 Å². The summed E-state index contributed by atoms with van der Waals surface area (Å²) in [5, 5.41) is 0. The topological polar surface area (TPSA) is 34.6 Å². The third-order valence-corrected chi connectivity index (χ3v) is 4.79. The van der Waals surface area contributed by atoms with Crippen LogP contribution in [0.3, 0.4) is 0 Å². The van der Waals surface area contributed by atoms with Crippen LogP contribution < -0.4 is 9.47 Å². The molecule has 2 aliphatic rings. The number of hydrogen-bond acceptors (Lipinski definition) is 4. The first kappa shape index (κ1) is 15.2. The molecule has 1 atom stereocenters. The Labute approximate surface area is 142 Å². The number of aromatic nitrogens is 1. The van der Waals surface area contributed by atoms with Crippen molar-refractivity contribution in [2.75, 3.05) is 26.8 Å². The second kappa shape index (κ2) is 6.65. The summed E-state index contributed by atoms with van der Waals surface area (Å²) in [4.78, 5) is 7.07. The van der Waals surface area contributed by atoms with Gasteiger partial charge in [0.15, 0.2) is 11.5 Å². The van der Waals surface area contributed by atoms with Gasteiger partial charge in [-0.3, -0.25) is 9.88 Å².